The van der Waals surface area contributed by atoms with Crippen LogP contribution in [0.25, 0.3) is 11.8 Å². The smallest absolute Gasteiger partial charge is 0.338 e. The van der Waals surface area contributed by atoms with Gasteiger partial charge in [0.15, 0.2) is 16.3 Å². The Morgan fingerprint density at radius 3 is 2.50 bits per heavy atom. The number of carbonyl (C=O) groups excluding carboxylic acids is 1. The van der Waals surface area contributed by atoms with Crippen molar-refractivity contribution in [2.45, 2.75) is 13.0 Å². The summed E-state index contributed by atoms with van der Waals surface area (Å²) in [6, 6.07) is 18.8. The van der Waals surface area contributed by atoms with Crippen LogP contribution in [0.4, 0.5) is 0 Å². The van der Waals surface area contributed by atoms with Gasteiger partial charge in [0.05, 0.1) is 47.1 Å². The second-order valence-corrected chi connectivity index (χ2v) is 10.6. The van der Waals surface area contributed by atoms with Gasteiger partial charge in [0.1, 0.15) is 5.75 Å². The standard InChI is InChI=1S/C30H25BrN2O6S/c1-4-39-29(36)25-26(18-8-6-5-7-9-18)32-30-33(27(25)19-11-13-22(37-2)23(16-19)38-3)28(35)24(40-30)15-17-10-12-21(34)20(31)14-17/h5-16,27,34H,4H2,1-3H3/b24-15-/t27-/m1/s1. The lowest BCUT2D eigenvalue weighted by Crippen LogP contribution is -2.40. The first kappa shape index (κ1) is 27.4. The SMILES string of the molecule is CCOC(=O)C1=C(c2ccccc2)N=c2s/c(=C\c3ccc(O)c(Br)c3)c(=O)n2[C@@H]1c1ccc(OC)c(OC)c1. The molecule has 0 saturated carbocycles. The average molecular weight is 622 g/mol. The molecule has 4 aromatic rings. The number of phenolic OH excluding ortho intramolecular Hbond substituents is 1. The number of aromatic hydroxyl groups is 1. The summed E-state index contributed by atoms with van der Waals surface area (Å²) < 4.78 is 18.9. The first-order chi connectivity index (χ1) is 19.4. The summed E-state index contributed by atoms with van der Waals surface area (Å²) in [4.78, 5) is 32.9. The van der Waals surface area contributed by atoms with E-state index in [2.05, 4.69) is 15.9 Å². The van der Waals surface area contributed by atoms with E-state index >= 15 is 0 Å². The van der Waals surface area contributed by atoms with E-state index in [0.717, 1.165) is 5.56 Å². The molecule has 1 aliphatic heterocycles. The van der Waals surface area contributed by atoms with Gasteiger partial charge >= 0.3 is 5.97 Å². The zero-order chi connectivity index (χ0) is 28.4. The van der Waals surface area contributed by atoms with E-state index in [0.29, 0.717) is 42.1 Å². The number of aromatic nitrogens is 1. The van der Waals surface area contributed by atoms with Gasteiger partial charge in [-0.05, 0) is 64.3 Å². The van der Waals surface area contributed by atoms with Gasteiger partial charge in [-0.1, -0.05) is 53.8 Å². The summed E-state index contributed by atoms with van der Waals surface area (Å²) in [5, 5.41) is 9.89. The quantitative estimate of drug-likeness (QED) is 0.307. The van der Waals surface area contributed by atoms with Crippen molar-refractivity contribution in [2.75, 3.05) is 20.8 Å². The highest BCUT2D eigenvalue weighted by atomic mass is 79.9. The maximum atomic E-state index is 14.0. The van der Waals surface area contributed by atoms with Gasteiger partial charge in [-0.15, -0.1) is 0 Å². The summed E-state index contributed by atoms with van der Waals surface area (Å²) in [7, 11) is 3.07. The van der Waals surface area contributed by atoms with Crippen LogP contribution in [0.3, 0.4) is 0 Å². The molecule has 0 spiro atoms. The minimum absolute atomic E-state index is 0.0960. The molecule has 5 rings (SSSR count). The normalized spacial score (nSPS) is 14.9. The second kappa shape index (κ2) is 11.5. The Bertz CT molecular complexity index is 1810. The molecule has 0 saturated heterocycles. The fourth-order valence-corrected chi connectivity index (χ4v) is 5.94. The number of hydrogen-bond acceptors (Lipinski definition) is 8. The molecule has 3 aromatic carbocycles. The first-order valence-electron chi connectivity index (χ1n) is 12.3. The second-order valence-electron chi connectivity index (χ2n) is 8.76. The van der Waals surface area contributed by atoms with Crippen molar-refractivity contribution < 1.29 is 24.1 Å². The largest absolute Gasteiger partial charge is 0.507 e. The van der Waals surface area contributed by atoms with Crippen LogP contribution < -0.4 is 24.4 Å². The third-order valence-electron chi connectivity index (χ3n) is 6.37. The van der Waals surface area contributed by atoms with Crippen LogP contribution in [-0.4, -0.2) is 36.5 Å². The molecular formula is C30H25BrN2O6S. The van der Waals surface area contributed by atoms with Crippen LogP contribution in [0, 0.1) is 0 Å². The Morgan fingerprint density at radius 2 is 1.82 bits per heavy atom. The third-order valence-corrected chi connectivity index (χ3v) is 7.98. The zero-order valence-corrected chi connectivity index (χ0v) is 24.3. The van der Waals surface area contributed by atoms with Gasteiger partial charge in [-0.25, -0.2) is 9.79 Å². The molecule has 10 heteroatoms. The van der Waals surface area contributed by atoms with Gasteiger partial charge in [-0.2, -0.15) is 0 Å². The van der Waals surface area contributed by atoms with Crippen molar-refractivity contribution in [1.29, 1.82) is 0 Å². The Morgan fingerprint density at radius 1 is 1.07 bits per heavy atom. The number of phenols is 1. The number of ether oxygens (including phenoxy) is 3. The highest BCUT2D eigenvalue weighted by Crippen LogP contribution is 2.38. The number of thiazole rings is 1. The third kappa shape index (κ3) is 5.07. The fraction of sp³-hybridized carbons (Fsp3) is 0.167. The first-order valence-corrected chi connectivity index (χ1v) is 14.0. The molecule has 0 amide bonds. The van der Waals surface area contributed by atoms with Gasteiger partial charge in [0.25, 0.3) is 5.56 Å². The molecule has 0 bridgehead atoms. The van der Waals surface area contributed by atoms with Crippen LogP contribution in [-0.2, 0) is 9.53 Å². The van der Waals surface area contributed by atoms with Crippen LogP contribution in [0.5, 0.6) is 17.2 Å². The molecule has 1 aromatic heterocycles. The molecule has 1 N–H and O–H groups in total. The van der Waals surface area contributed by atoms with E-state index in [4.69, 9.17) is 19.2 Å². The number of benzene rings is 3. The Hall–Kier alpha value is -4.15. The van der Waals surface area contributed by atoms with Crippen molar-refractivity contribution in [3.05, 3.63) is 113 Å². The van der Waals surface area contributed by atoms with E-state index < -0.39 is 12.0 Å². The van der Waals surface area contributed by atoms with Gasteiger partial charge in [0.2, 0.25) is 0 Å². The minimum atomic E-state index is -0.848. The number of esters is 1. The van der Waals surface area contributed by atoms with Gasteiger partial charge in [0, 0.05) is 5.56 Å². The molecule has 8 nitrogen and oxygen atoms in total. The van der Waals surface area contributed by atoms with Crippen LogP contribution in [0.15, 0.2) is 86.6 Å². The average Bonchev–Trinajstić information content (AvgIpc) is 3.28. The minimum Gasteiger partial charge on any atom is -0.507 e. The molecule has 204 valence electrons. The fourth-order valence-electron chi connectivity index (χ4n) is 4.54. The summed E-state index contributed by atoms with van der Waals surface area (Å²) >= 11 is 4.54. The highest BCUT2D eigenvalue weighted by Gasteiger charge is 2.35. The van der Waals surface area contributed by atoms with Crippen molar-refractivity contribution in [3.8, 4) is 17.2 Å². The maximum absolute atomic E-state index is 14.0. The Balaban J connectivity index is 1.84. The van der Waals surface area contributed by atoms with Crippen molar-refractivity contribution in [1.82, 2.24) is 4.57 Å². The molecule has 0 aliphatic carbocycles. The summed E-state index contributed by atoms with van der Waals surface area (Å²) in [5.41, 5.74) is 2.41. The molecule has 40 heavy (non-hydrogen) atoms. The molecular weight excluding hydrogens is 596 g/mol. The van der Waals surface area contributed by atoms with Crippen molar-refractivity contribution in [2.24, 2.45) is 4.99 Å². The van der Waals surface area contributed by atoms with Crippen molar-refractivity contribution >= 4 is 45.0 Å². The Kier molecular flexibility index (Phi) is 7.90. The molecule has 1 aliphatic rings. The lowest BCUT2D eigenvalue weighted by Gasteiger charge is -2.26. The van der Waals surface area contributed by atoms with Crippen LogP contribution in [0.1, 0.15) is 29.7 Å². The van der Waals surface area contributed by atoms with E-state index in [1.54, 1.807) is 56.5 Å². The van der Waals surface area contributed by atoms with Crippen molar-refractivity contribution in [3.63, 3.8) is 0 Å². The maximum Gasteiger partial charge on any atom is 0.338 e. The van der Waals surface area contributed by atoms with E-state index in [1.165, 1.54) is 23.0 Å². The number of fused-ring (bicyclic) bond motifs is 1. The Labute approximate surface area is 242 Å². The highest BCUT2D eigenvalue weighted by molar-refractivity contribution is 9.10. The number of methoxy groups -OCH3 is 2. The lowest BCUT2D eigenvalue weighted by molar-refractivity contribution is -0.138. The predicted octanol–water partition coefficient (Wildman–Crippen LogP) is 4.42. The lowest BCUT2D eigenvalue weighted by atomic mass is 9.93. The molecule has 0 unspecified atom stereocenters. The number of carbonyl (C=O) groups is 1. The van der Waals surface area contributed by atoms with E-state index in [-0.39, 0.29) is 23.5 Å². The molecule has 0 radical (unpaired) electrons. The number of hydrogen-bond donors (Lipinski definition) is 1. The van der Waals surface area contributed by atoms with Gasteiger partial charge < -0.3 is 19.3 Å². The molecule has 1 atom stereocenters. The summed E-state index contributed by atoms with van der Waals surface area (Å²) in [6.45, 7) is 1.89. The molecule has 2 heterocycles. The van der Waals surface area contributed by atoms with E-state index in [9.17, 15) is 14.7 Å². The summed E-state index contributed by atoms with van der Waals surface area (Å²) in [5.74, 6) is 0.499. The van der Waals surface area contributed by atoms with Gasteiger partial charge in [-0.3, -0.25) is 9.36 Å². The van der Waals surface area contributed by atoms with E-state index in [1.807, 2.05) is 30.3 Å². The number of nitrogens with zero attached hydrogens (tertiary/aromatic N) is 2. The summed E-state index contributed by atoms with van der Waals surface area (Å²) in [6.07, 6.45) is 1.73. The zero-order valence-electron chi connectivity index (χ0n) is 21.9. The van der Waals surface area contributed by atoms with Crippen LogP contribution >= 0.6 is 27.3 Å². The number of halogens is 1. The monoisotopic (exact) mass is 620 g/mol. The number of rotatable bonds is 7. The predicted molar refractivity (Wildman–Crippen MR) is 156 cm³/mol. The topological polar surface area (TPSA) is 99.4 Å². The molecule has 0 fully saturated rings. The van der Waals surface area contributed by atoms with Crippen LogP contribution in [0.2, 0.25) is 0 Å².